The van der Waals surface area contributed by atoms with Gasteiger partial charge in [-0.15, -0.1) is 0 Å². The van der Waals surface area contributed by atoms with Gasteiger partial charge in [-0.05, 0) is 30.3 Å². The zero-order valence-electron chi connectivity index (χ0n) is 9.43. The van der Waals surface area contributed by atoms with Gasteiger partial charge in [0.15, 0.2) is 0 Å². The topological polar surface area (TPSA) is 62.2 Å². The van der Waals surface area contributed by atoms with Gasteiger partial charge < -0.3 is 10.4 Å². The van der Waals surface area contributed by atoms with Gasteiger partial charge in [-0.1, -0.05) is 6.07 Å². The number of hydrogen-bond donors (Lipinski definition) is 2. The first-order valence-corrected chi connectivity index (χ1v) is 5.33. The first kappa shape index (κ1) is 12.0. The van der Waals surface area contributed by atoms with Crippen molar-refractivity contribution in [2.75, 3.05) is 5.32 Å². The lowest BCUT2D eigenvalue weighted by Gasteiger charge is -2.09. The van der Waals surface area contributed by atoms with Crippen molar-refractivity contribution in [2.24, 2.45) is 0 Å². The van der Waals surface area contributed by atoms with Gasteiger partial charge in [0.1, 0.15) is 5.82 Å². The maximum atomic E-state index is 13.0. The highest BCUT2D eigenvalue weighted by Gasteiger charge is 2.10. The van der Waals surface area contributed by atoms with Gasteiger partial charge in [-0.3, -0.25) is 4.98 Å². The molecule has 0 aliphatic carbocycles. The summed E-state index contributed by atoms with van der Waals surface area (Å²) in [6, 6.07) is 9.06. The summed E-state index contributed by atoms with van der Waals surface area (Å²) in [6.45, 7) is 0.382. The van der Waals surface area contributed by atoms with Crippen LogP contribution in [-0.2, 0) is 6.54 Å². The summed E-state index contributed by atoms with van der Waals surface area (Å²) in [7, 11) is 0. The predicted molar refractivity (Wildman–Crippen MR) is 64.9 cm³/mol. The van der Waals surface area contributed by atoms with E-state index in [4.69, 9.17) is 5.11 Å². The zero-order chi connectivity index (χ0) is 13.0. The molecule has 0 bridgehead atoms. The number of rotatable bonds is 4. The maximum Gasteiger partial charge on any atom is 0.337 e. The van der Waals surface area contributed by atoms with Gasteiger partial charge in [0.2, 0.25) is 0 Å². The van der Waals surface area contributed by atoms with Crippen molar-refractivity contribution < 1.29 is 14.3 Å². The van der Waals surface area contributed by atoms with Crippen molar-refractivity contribution in [3.05, 3.63) is 59.7 Å². The molecule has 5 heteroatoms. The Morgan fingerprint density at radius 2 is 2.17 bits per heavy atom. The molecule has 0 fully saturated rings. The largest absolute Gasteiger partial charge is 0.478 e. The molecule has 1 aromatic carbocycles. The third-order valence-corrected chi connectivity index (χ3v) is 2.40. The Labute approximate surface area is 103 Å². The minimum absolute atomic E-state index is 0.0917. The van der Waals surface area contributed by atoms with E-state index in [1.54, 1.807) is 12.3 Å². The molecule has 0 saturated carbocycles. The molecule has 2 aromatic rings. The average molecular weight is 246 g/mol. The lowest BCUT2D eigenvalue weighted by molar-refractivity contribution is 0.0697. The molecule has 0 atom stereocenters. The molecule has 2 N–H and O–H groups in total. The Balaban J connectivity index is 2.17. The van der Waals surface area contributed by atoms with Gasteiger partial charge >= 0.3 is 5.97 Å². The molecule has 92 valence electrons. The number of nitrogens with one attached hydrogen (secondary N) is 1. The molecule has 4 nitrogen and oxygen atoms in total. The molecular weight excluding hydrogens is 235 g/mol. The number of carboxylic acid groups (broad SMARTS) is 1. The zero-order valence-corrected chi connectivity index (χ0v) is 9.43. The SMILES string of the molecule is O=C(O)c1cc(F)ccc1NCc1ccccn1. The highest BCUT2D eigenvalue weighted by molar-refractivity contribution is 5.94. The van der Waals surface area contributed by atoms with Crippen molar-refractivity contribution in [3.63, 3.8) is 0 Å². The number of pyridine rings is 1. The van der Waals surface area contributed by atoms with Crippen molar-refractivity contribution >= 4 is 11.7 Å². The third kappa shape index (κ3) is 2.82. The monoisotopic (exact) mass is 246 g/mol. The lowest BCUT2D eigenvalue weighted by Crippen LogP contribution is -2.07. The summed E-state index contributed by atoms with van der Waals surface area (Å²) in [5.41, 5.74) is 1.05. The third-order valence-electron chi connectivity index (χ3n) is 2.40. The molecule has 0 spiro atoms. The van der Waals surface area contributed by atoms with Crippen molar-refractivity contribution in [2.45, 2.75) is 6.54 Å². The molecule has 0 aliphatic heterocycles. The van der Waals surface area contributed by atoms with Crippen LogP contribution in [0.4, 0.5) is 10.1 Å². The first-order chi connectivity index (χ1) is 8.66. The van der Waals surface area contributed by atoms with E-state index in [1.807, 2.05) is 12.1 Å². The molecule has 0 amide bonds. The van der Waals surface area contributed by atoms with Crippen LogP contribution in [0.15, 0.2) is 42.6 Å². The summed E-state index contributed by atoms with van der Waals surface area (Å²) in [6.07, 6.45) is 1.65. The van der Waals surface area contributed by atoms with E-state index < -0.39 is 11.8 Å². The van der Waals surface area contributed by atoms with Crippen LogP contribution in [0.5, 0.6) is 0 Å². The highest BCUT2D eigenvalue weighted by Crippen LogP contribution is 2.17. The summed E-state index contributed by atoms with van der Waals surface area (Å²) in [5.74, 6) is -1.74. The van der Waals surface area contributed by atoms with Crippen molar-refractivity contribution in [1.82, 2.24) is 4.98 Å². The normalized spacial score (nSPS) is 10.1. The summed E-state index contributed by atoms with van der Waals surface area (Å²) in [5, 5.41) is 11.9. The number of anilines is 1. The van der Waals surface area contributed by atoms with Gasteiger partial charge in [0, 0.05) is 11.9 Å². The van der Waals surface area contributed by atoms with Gasteiger partial charge in [-0.2, -0.15) is 0 Å². The molecule has 0 saturated heterocycles. The van der Waals surface area contributed by atoms with E-state index in [1.165, 1.54) is 12.1 Å². The predicted octanol–water partition coefficient (Wildman–Crippen LogP) is 2.53. The van der Waals surface area contributed by atoms with Crippen LogP contribution in [0.3, 0.4) is 0 Å². The van der Waals surface area contributed by atoms with E-state index in [9.17, 15) is 9.18 Å². The van der Waals surface area contributed by atoms with Crippen LogP contribution in [0, 0.1) is 5.82 Å². The van der Waals surface area contributed by atoms with E-state index in [2.05, 4.69) is 10.3 Å². The highest BCUT2D eigenvalue weighted by atomic mass is 19.1. The average Bonchev–Trinajstić information content (AvgIpc) is 2.38. The lowest BCUT2D eigenvalue weighted by atomic mass is 10.1. The fourth-order valence-corrected chi connectivity index (χ4v) is 1.54. The number of halogens is 1. The van der Waals surface area contributed by atoms with Crippen LogP contribution in [0.25, 0.3) is 0 Å². The van der Waals surface area contributed by atoms with E-state index in [0.29, 0.717) is 12.2 Å². The van der Waals surface area contributed by atoms with E-state index in [0.717, 1.165) is 11.8 Å². The smallest absolute Gasteiger partial charge is 0.337 e. The molecule has 18 heavy (non-hydrogen) atoms. The second kappa shape index (κ2) is 5.27. The Bertz CT molecular complexity index is 558. The molecule has 0 radical (unpaired) electrons. The summed E-state index contributed by atoms with van der Waals surface area (Å²) in [4.78, 5) is 15.1. The standard InChI is InChI=1S/C13H11FN2O2/c14-9-4-5-12(11(7-9)13(17)18)16-8-10-3-1-2-6-15-10/h1-7,16H,8H2,(H,17,18). The molecule has 1 aromatic heterocycles. The fourth-order valence-electron chi connectivity index (χ4n) is 1.54. The number of carboxylic acids is 1. The van der Waals surface area contributed by atoms with Crippen LogP contribution >= 0.6 is 0 Å². The maximum absolute atomic E-state index is 13.0. The number of aromatic carboxylic acids is 1. The quantitative estimate of drug-likeness (QED) is 0.870. The Morgan fingerprint density at radius 3 is 2.83 bits per heavy atom. The van der Waals surface area contributed by atoms with Gasteiger partial charge in [-0.25, -0.2) is 9.18 Å². The van der Waals surface area contributed by atoms with Crippen LogP contribution in [0.2, 0.25) is 0 Å². The van der Waals surface area contributed by atoms with Crippen molar-refractivity contribution in [3.8, 4) is 0 Å². The van der Waals surface area contributed by atoms with Crippen molar-refractivity contribution in [1.29, 1.82) is 0 Å². The molecule has 0 aliphatic rings. The molecule has 2 rings (SSSR count). The summed E-state index contributed by atoms with van der Waals surface area (Å²) < 4.78 is 13.0. The van der Waals surface area contributed by atoms with E-state index in [-0.39, 0.29) is 5.56 Å². The number of aromatic nitrogens is 1. The first-order valence-electron chi connectivity index (χ1n) is 5.33. The Hall–Kier alpha value is -2.43. The fraction of sp³-hybridized carbons (Fsp3) is 0.0769. The van der Waals surface area contributed by atoms with Crippen LogP contribution in [-0.4, -0.2) is 16.1 Å². The Morgan fingerprint density at radius 1 is 1.33 bits per heavy atom. The second-order valence-electron chi connectivity index (χ2n) is 3.67. The number of benzene rings is 1. The van der Waals surface area contributed by atoms with Crippen LogP contribution in [0.1, 0.15) is 16.1 Å². The molecule has 0 unspecified atom stereocenters. The van der Waals surface area contributed by atoms with E-state index >= 15 is 0 Å². The number of nitrogens with zero attached hydrogens (tertiary/aromatic N) is 1. The molecule has 1 heterocycles. The van der Waals surface area contributed by atoms with Gasteiger partial charge in [0.05, 0.1) is 17.8 Å². The minimum Gasteiger partial charge on any atom is -0.478 e. The number of hydrogen-bond acceptors (Lipinski definition) is 3. The minimum atomic E-state index is -1.17. The second-order valence-corrected chi connectivity index (χ2v) is 3.67. The van der Waals surface area contributed by atoms with Crippen LogP contribution < -0.4 is 5.32 Å². The Kier molecular flexibility index (Phi) is 3.52. The van der Waals surface area contributed by atoms with Gasteiger partial charge in [0.25, 0.3) is 0 Å². The summed E-state index contributed by atoms with van der Waals surface area (Å²) >= 11 is 0. The number of carbonyl (C=O) groups is 1. The molecular formula is C13H11FN2O2.